The van der Waals surface area contributed by atoms with Gasteiger partial charge in [-0.05, 0) is 32.4 Å². The van der Waals surface area contributed by atoms with E-state index in [0.29, 0.717) is 6.04 Å². The van der Waals surface area contributed by atoms with Crippen LogP contribution in [0.3, 0.4) is 0 Å². The molecule has 0 spiro atoms. The molecule has 1 saturated heterocycles. The third kappa shape index (κ3) is 1.99. The van der Waals surface area contributed by atoms with Gasteiger partial charge in [0.25, 0.3) is 0 Å². The average Bonchev–Trinajstić information content (AvgIpc) is 2.85. The lowest BCUT2D eigenvalue weighted by atomic mass is 10.1. The molecule has 0 bridgehead atoms. The maximum absolute atomic E-state index is 6.23. The summed E-state index contributed by atoms with van der Waals surface area (Å²) in [6, 6.07) is 2.73. The molecule has 0 unspecified atom stereocenters. The highest BCUT2D eigenvalue weighted by molar-refractivity contribution is 5.12. The fourth-order valence-corrected chi connectivity index (χ4v) is 2.69. The van der Waals surface area contributed by atoms with E-state index in [1.807, 2.05) is 6.20 Å². The summed E-state index contributed by atoms with van der Waals surface area (Å²) in [4.78, 5) is 2.49. The van der Waals surface area contributed by atoms with Crippen LogP contribution in [0.15, 0.2) is 12.3 Å². The van der Waals surface area contributed by atoms with E-state index in [0.717, 1.165) is 26.1 Å². The molecule has 0 aromatic carbocycles. The van der Waals surface area contributed by atoms with Crippen LogP contribution in [0.1, 0.15) is 38.4 Å². The lowest BCUT2D eigenvalue weighted by Gasteiger charge is -2.26. The molecule has 16 heavy (non-hydrogen) atoms. The Bertz CT molecular complexity index is 332. The molecule has 4 nitrogen and oxygen atoms in total. The van der Waals surface area contributed by atoms with Crippen LogP contribution in [0.5, 0.6) is 0 Å². The van der Waals surface area contributed by atoms with Crippen LogP contribution in [0, 0.1) is 0 Å². The van der Waals surface area contributed by atoms with Crippen LogP contribution in [0.25, 0.3) is 0 Å². The molecule has 2 rings (SSSR count). The quantitative estimate of drug-likeness (QED) is 0.837. The van der Waals surface area contributed by atoms with Crippen LogP contribution in [-0.4, -0.2) is 33.8 Å². The molecule has 1 aromatic heterocycles. The summed E-state index contributed by atoms with van der Waals surface area (Å²) >= 11 is 0. The van der Waals surface area contributed by atoms with Gasteiger partial charge in [-0.25, -0.2) is 0 Å². The van der Waals surface area contributed by atoms with Gasteiger partial charge in [-0.2, -0.15) is 5.10 Å². The van der Waals surface area contributed by atoms with Gasteiger partial charge in [0.05, 0.1) is 11.7 Å². The SMILES string of the molecule is CCCN1CC[C@@H](N)[C@@H]1c1ccnn1CC. The molecule has 0 saturated carbocycles. The van der Waals surface area contributed by atoms with Crippen molar-refractivity contribution in [3.63, 3.8) is 0 Å². The molecule has 1 aliphatic rings. The van der Waals surface area contributed by atoms with Crippen LogP contribution in [0.4, 0.5) is 0 Å². The molecule has 1 aromatic rings. The van der Waals surface area contributed by atoms with Crippen molar-refractivity contribution >= 4 is 0 Å². The van der Waals surface area contributed by atoms with Gasteiger partial charge in [0, 0.05) is 25.3 Å². The maximum atomic E-state index is 6.23. The highest BCUT2D eigenvalue weighted by atomic mass is 15.3. The van der Waals surface area contributed by atoms with Crippen molar-refractivity contribution in [1.82, 2.24) is 14.7 Å². The van der Waals surface area contributed by atoms with E-state index in [1.165, 1.54) is 12.1 Å². The number of hydrogen-bond donors (Lipinski definition) is 1. The summed E-state index contributed by atoms with van der Waals surface area (Å²) in [5.41, 5.74) is 7.51. The number of likely N-dealkylation sites (tertiary alicyclic amines) is 1. The van der Waals surface area contributed by atoms with E-state index < -0.39 is 0 Å². The second kappa shape index (κ2) is 4.97. The molecule has 4 heteroatoms. The van der Waals surface area contributed by atoms with Crippen LogP contribution in [0.2, 0.25) is 0 Å². The van der Waals surface area contributed by atoms with Gasteiger partial charge < -0.3 is 5.73 Å². The zero-order chi connectivity index (χ0) is 11.5. The lowest BCUT2D eigenvalue weighted by Crippen LogP contribution is -2.34. The number of aryl methyl sites for hydroxylation is 1. The van der Waals surface area contributed by atoms with Gasteiger partial charge in [-0.3, -0.25) is 9.58 Å². The first-order valence-electron chi connectivity index (χ1n) is 6.29. The fourth-order valence-electron chi connectivity index (χ4n) is 2.69. The minimum atomic E-state index is 0.258. The Morgan fingerprint density at radius 2 is 2.31 bits per heavy atom. The zero-order valence-electron chi connectivity index (χ0n) is 10.3. The molecule has 1 fully saturated rings. The summed E-state index contributed by atoms with van der Waals surface area (Å²) in [5.74, 6) is 0. The normalized spacial score (nSPS) is 26.4. The summed E-state index contributed by atoms with van der Waals surface area (Å²) in [7, 11) is 0. The predicted molar refractivity (Wildman–Crippen MR) is 65.1 cm³/mol. The Balaban J connectivity index is 2.22. The summed E-state index contributed by atoms with van der Waals surface area (Å²) in [6.45, 7) is 7.52. The standard InChI is InChI=1S/C12H22N4/c1-3-8-15-9-6-10(13)12(15)11-5-7-14-16(11)4-2/h5,7,10,12H,3-4,6,8-9,13H2,1-2H3/t10-,12-/m1/s1. The van der Waals surface area contributed by atoms with Crippen molar-refractivity contribution < 1.29 is 0 Å². The predicted octanol–water partition coefficient (Wildman–Crippen LogP) is 1.39. The van der Waals surface area contributed by atoms with E-state index in [4.69, 9.17) is 5.73 Å². The molecular formula is C12H22N4. The van der Waals surface area contributed by atoms with Gasteiger partial charge in [-0.1, -0.05) is 6.92 Å². The third-order valence-electron chi connectivity index (χ3n) is 3.41. The van der Waals surface area contributed by atoms with Crippen molar-refractivity contribution in [2.45, 2.75) is 45.3 Å². The van der Waals surface area contributed by atoms with Crippen molar-refractivity contribution in [3.05, 3.63) is 18.0 Å². The van der Waals surface area contributed by atoms with Crippen LogP contribution >= 0.6 is 0 Å². The topological polar surface area (TPSA) is 47.1 Å². The van der Waals surface area contributed by atoms with Crippen molar-refractivity contribution in [1.29, 1.82) is 0 Å². The van der Waals surface area contributed by atoms with Crippen LogP contribution in [-0.2, 0) is 6.54 Å². The highest BCUT2D eigenvalue weighted by Gasteiger charge is 2.34. The summed E-state index contributed by atoms with van der Waals surface area (Å²) in [5, 5.41) is 4.34. The third-order valence-corrected chi connectivity index (χ3v) is 3.41. The number of aromatic nitrogens is 2. The second-order valence-electron chi connectivity index (χ2n) is 4.51. The second-order valence-corrected chi connectivity index (χ2v) is 4.51. The summed E-state index contributed by atoms with van der Waals surface area (Å²) in [6.07, 6.45) is 4.16. The Morgan fingerprint density at radius 1 is 1.50 bits per heavy atom. The molecule has 0 aliphatic carbocycles. The van der Waals surface area contributed by atoms with Crippen molar-refractivity contribution in [2.75, 3.05) is 13.1 Å². The Kier molecular flexibility index (Phi) is 3.61. The van der Waals surface area contributed by atoms with E-state index in [2.05, 4.69) is 34.6 Å². The Labute approximate surface area is 97.4 Å². The average molecular weight is 222 g/mol. The van der Waals surface area contributed by atoms with E-state index in [-0.39, 0.29) is 6.04 Å². The minimum absolute atomic E-state index is 0.258. The highest BCUT2D eigenvalue weighted by Crippen LogP contribution is 2.30. The Hall–Kier alpha value is -0.870. The fraction of sp³-hybridized carbons (Fsp3) is 0.750. The van der Waals surface area contributed by atoms with Crippen molar-refractivity contribution in [3.8, 4) is 0 Å². The molecule has 2 atom stereocenters. The van der Waals surface area contributed by atoms with Gasteiger partial charge in [-0.15, -0.1) is 0 Å². The molecule has 2 heterocycles. The van der Waals surface area contributed by atoms with Gasteiger partial charge >= 0.3 is 0 Å². The maximum Gasteiger partial charge on any atom is 0.0671 e. The van der Waals surface area contributed by atoms with E-state index in [9.17, 15) is 0 Å². The lowest BCUT2D eigenvalue weighted by molar-refractivity contribution is 0.237. The molecule has 1 aliphatic heterocycles. The number of hydrogen-bond acceptors (Lipinski definition) is 3. The molecule has 0 radical (unpaired) electrons. The summed E-state index contributed by atoms with van der Waals surface area (Å²) < 4.78 is 2.07. The van der Waals surface area contributed by atoms with E-state index >= 15 is 0 Å². The van der Waals surface area contributed by atoms with E-state index in [1.54, 1.807) is 0 Å². The van der Waals surface area contributed by atoms with Crippen LogP contribution < -0.4 is 5.73 Å². The molecule has 90 valence electrons. The smallest absolute Gasteiger partial charge is 0.0671 e. The number of rotatable bonds is 4. The monoisotopic (exact) mass is 222 g/mol. The first-order chi connectivity index (χ1) is 7.77. The minimum Gasteiger partial charge on any atom is -0.326 e. The van der Waals surface area contributed by atoms with Gasteiger partial charge in [0.15, 0.2) is 0 Å². The number of nitrogens with zero attached hydrogens (tertiary/aromatic N) is 3. The largest absolute Gasteiger partial charge is 0.326 e. The van der Waals surface area contributed by atoms with Gasteiger partial charge in [0.2, 0.25) is 0 Å². The first-order valence-corrected chi connectivity index (χ1v) is 6.29. The molecule has 2 N–H and O–H groups in total. The van der Waals surface area contributed by atoms with Crippen molar-refractivity contribution in [2.24, 2.45) is 5.73 Å². The molecule has 0 amide bonds. The zero-order valence-corrected chi connectivity index (χ0v) is 10.3. The van der Waals surface area contributed by atoms with Gasteiger partial charge in [0.1, 0.15) is 0 Å². The molecular weight excluding hydrogens is 200 g/mol. The Morgan fingerprint density at radius 3 is 3.00 bits per heavy atom. The number of nitrogens with two attached hydrogens (primary N) is 1. The first kappa shape index (κ1) is 11.6.